The molecular formula is C23H18ClN5O2S. The van der Waals surface area contributed by atoms with Crippen molar-refractivity contribution in [2.45, 2.75) is 16.5 Å². The second kappa shape index (κ2) is 7.89. The maximum Gasteiger partial charge on any atom is 0.229 e. The molecule has 0 aliphatic rings. The van der Waals surface area contributed by atoms with Crippen LogP contribution in [0.5, 0.6) is 0 Å². The standard InChI is InChI=1S/C23H18ClN5O2S/c1-28(15-16-8-3-2-4-9-16)21-19-12-5-6-13-20(19)29-22(25-21)23(26-27-29)32(30,31)18-11-7-10-17(24)14-18/h2-14H,15H2,1H3. The molecule has 5 rings (SSSR count). The summed E-state index contributed by atoms with van der Waals surface area (Å²) < 4.78 is 28.1. The third-order valence-corrected chi connectivity index (χ3v) is 7.07. The largest absolute Gasteiger partial charge is 0.355 e. The van der Waals surface area contributed by atoms with E-state index < -0.39 is 9.84 Å². The molecule has 0 N–H and O–H groups in total. The Morgan fingerprint density at radius 1 is 0.969 bits per heavy atom. The zero-order chi connectivity index (χ0) is 22.3. The van der Waals surface area contributed by atoms with Crippen LogP contribution in [0.2, 0.25) is 5.02 Å². The average molecular weight is 464 g/mol. The van der Waals surface area contributed by atoms with Gasteiger partial charge in [0.15, 0.2) is 5.65 Å². The maximum atomic E-state index is 13.3. The first-order chi connectivity index (χ1) is 15.4. The summed E-state index contributed by atoms with van der Waals surface area (Å²) in [5, 5.41) is 9.09. The summed E-state index contributed by atoms with van der Waals surface area (Å²) >= 11 is 6.02. The molecule has 0 aliphatic carbocycles. The van der Waals surface area contributed by atoms with E-state index in [1.54, 1.807) is 12.1 Å². The summed E-state index contributed by atoms with van der Waals surface area (Å²) in [5.74, 6) is 0.641. The van der Waals surface area contributed by atoms with Crippen LogP contribution in [0.15, 0.2) is 88.8 Å². The molecule has 32 heavy (non-hydrogen) atoms. The van der Waals surface area contributed by atoms with Gasteiger partial charge in [-0.15, -0.1) is 5.10 Å². The van der Waals surface area contributed by atoms with Crippen molar-refractivity contribution in [1.82, 2.24) is 19.8 Å². The molecule has 0 saturated heterocycles. The predicted molar refractivity (Wildman–Crippen MR) is 124 cm³/mol. The molecule has 0 bridgehead atoms. The maximum absolute atomic E-state index is 13.3. The van der Waals surface area contributed by atoms with Gasteiger partial charge in [-0.25, -0.2) is 13.4 Å². The summed E-state index contributed by atoms with van der Waals surface area (Å²) in [6, 6.07) is 23.7. The first kappa shape index (κ1) is 20.4. The first-order valence-corrected chi connectivity index (χ1v) is 11.7. The van der Waals surface area contributed by atoms with E-state index in [2.05, 4.69) is 10.3 Å². The minimum atomic E-state index is -3.97. The highest BCUT2D eigenvalue weighted by atomic mass is 35.5. The van der Waals surface area contributed by atoms with E-state index in [0.29, 0.717) is 22.9 Å². The lowest BCUT2D eigenvalue weighted by atomic mass is 10.2. The number of benzene rings is 3. The zero-order valence-electron chi connectivity index (χ0n) is 17.1. The number of hydrogen-bond donors (Lipinski definition) is 0. The number of para-hydroxylation sites is 1. The number of hydrogen-bond acceptors (Lipinski definition) is 6. The van der Waals surface area contributed by atoms with Gasteiger partial charge in [0.1, 0.15) is 5.82 Å². The van der Waals surface area contributed by atoms with Crippen molar-refractivity contribution in [3.8, 4) is 0 Å². The lowest BCUT2D eigenvalue weighted by Gasteiger charge is -2.20. The van der Waals surface area contributed by atoms with Crippen LogP contribution in [-0.4, -0.2) is 35.3 Å². The van der Waals surface area contributed by atoms with Gasteiger partial charge in [0.05, 0.1) is 10.4 Å². The fourth-order valence-corrected chi connectivity index (χ4v) is 5.21. The highest BCUT2D eigenvalue weighted by Crippen LogP contribution is 2.30. The Balaban J connectivity index is 1.71. The molecule has 0 radical (unpaired) electrons. The van der Waals surface area contributed by atoms with Gasteiger partial charge in [-0.05, 0) is 35.9 Å². The smallest absolute Gasteiger partial charge is 0.229 e. The van der Waals surface area contributed by atoms with E-state index in [-0.39, 0.29) is 15.6 Å². The molecule has 2 heterocycles. The first-order valence-electron chi connectivity index (χ1n) is 9.85. The number of halogens is 1. The molecule has 0 spiro atoms. The highest BCUT2D eigenvalue weighted by Gasteiger charge is 2.27. The van der Waals surface area contributed by atoms with E-state index >= 15 is 0 Å². The van der Waals surface area contributed by atoms with Gasteiger partial charge >= 0.3 is 0 Å². The van der Waals surface area contributed by atoms with Crippen LogP contribution < -0.4 is 4.90 Å². The number of aromatic nitrogens is 4. The molecule has 0 unspecified atom stereocenters. The molecule has 7 nitrogen and oxygen atoms in total. The summed E-state index contributed by atoms with van der Waals surface area (Å²) in [5.41, 5.74) is 1.99. The Labute approximate surface area is 189 Å². The lowest BCUT2D eigenvalue weighted by molar-refractivity contribution is 0.592. The fraction of sp³-hybridized carbons (Fsp3) is 0.0870. The minimum absolute atomic E-state index is 0.0431. The van der Waals surface area contributed by atoms with Gasteiger partial charge in [-0.3, -0.25) is 0 Å². The Morgan fingerprint density at radius 2 is 1.72 bits per heavy atom. The highest BCUT2D eigenvalue weighted by molar-refractivity contribution is 7.91. The molecule has 9 heteroatoms. The SMILES string of the molecule is CN(Cc1ccccc1)c1nc2c(S(=O)(=O)c3cccc(Cl)c3)nnn2c2ccccc12. The Bertz CT molecular complexity index is 1550. The third-order valence-electron chi connectivity index (χ3n) is 5.19. The van der Waals surface area contributed by atoms with Crippen LogP contribution in [0.3, 0.4) is 0 Å². The van der Waals surface area contributed by atoms with Crippen LogP contribution in [0.1, 0.15) is 5.56 Å². The van der Waals surface area contributed by atoms with Crippen LogP contribution >= 0.6 is 11.6 Å². The summed E-state index contributed by atoms with van der Waals surface area (Å²) in [6.07, 6.45) is 0. The van der Waals surface area contributed by atoms with Gasteiger partial charge in [0, 0.05) is 24.0 Å². The third kappa shape index (κ3) is 3.47. The van der Waals surface area contributed by atoms with E-state index in [1.165, 1.54) is 16.6 Å². The quantitative estimate of drug-likeness (QED) is 0.384. The van der Waals surface area contributed by atoms with Crippen LogP contribution in [0.4, 0.5) is 5.82 Å². The van der Waals surface area contributed by atoms with Gasteiger partial charge < -0.3 is 4.90 Å². The van der Waals surface area contributed by atoms with E-state index in [4.69, 9.17) is 16.6 Å². The van der Waals surface area contributed by atoms with Crippen molar-refractivity contribution in [3.63, 3.8) is 0 Å². The van der Waals surface area contributed by atoms with E-state index in [1.807, 2.05) is 66.5 Å². The van der Waals surface area contributed by atoms with Gasteiger partial charge in [-0.2, -0.15) is 4.52 Å². The van der Waals surface area contributed by atoms with Crippen molar-refractivity contribution in [2.75, 3.05) is 11.9 Å². The van der Waals surface area contributed by atoms with Crippen LogP contribution in [0.25, 0.3) is 16.6 Å². The molecular weight excluding hydrogens is 446 g/mol. The number of nitrogens with zero attached hydrogens (tertiary/aromatic N) is 5. The molecule has 0 fully saturated rings. The van der Waals surface area contributed by atoms with Gasteiger partial charge in [0.25, 0.3) is 0 Å². The molecule has 0 atom stereocenters. The normalized spacial score (nSPS) is 11.8. The monoisotopic (exact) mass is 463 g/mol. The van der Waals surface area contributed by atoms with Crippen molar-refractivity contribution in [1.29, 1.82) is 0 Å². The van der Waals surface area contributed by atoms with Gasteiger partial charge in [-0.1, -0.05) is 65.3 Å². The lowest BCUT2D eigenvalue weighted by Crippen LogP contribution is -2.19. The average Bonchev–Trinajstić information content (AvgIpc) is 3.24. The van der Waals surface area contributed by atoms with Crippen molar-refractivity contribution < 1.29 is 8.42 Å². The van der Waals surface area contributed by atoms with Crippen molar-refractivity contribution in [2.24, 2.45) is 0 Å². The molecule has 0 saturated carbocycles. The van der Waals surface area contributed by atoms with Crippen LogP contribution in [0, 0.1) is 0 Å². The van der Waals surface area contributed by atoms with E-state index in [0.717, 1.165) is 10.9 Å². The van der Waals surface area contributed by atoms with Crippen molar-refractivity contribution >= 4 is 43.8 Å². The molecule has 5 aromatic rings. The van der Waals surface area contributed by atoms with E-state index in [9.17, 15) is 8.42 Å². The zero-order valence-corrected chi connectivity index (χ0v) is 18.6. The Morgan fingerprint density at radius 3 is 2.50 bits per heavy atom. The molecule has 0 amide bonds. The number of rotatable bonds is 5. The van der Waals surface area contributed by atoms with Crippen molar-refractivity contribution in [3.05, 3.63) is 89.4 Å². The topological polar surface area (TPSA) is 80.5 Å². The molecule has 2 aromatic heterocycles. The van der Waals surface area contributed by atoms with Gasteiger partial charge in [0.2, 0.25) is 14.9 Å². The number of anilines is 1. The summed E-state index contributed by atoms with van der Waals surface area (Å²) in [7, 11) is -2.05. The van der Waals surface area contributed by atoms with Crippen LogP contribution in [-0.2, 0) is 16.4 Å². The predicted octanol–water partition coefficient (Wildman–Crippen LogP) is 4.40. The Kier molecular flexibility index (Phi) is 5.03. The summed E-state index contributed by atoms with van der Waals surface area (Å²) in [4.78, 5) is 6.76. The number of sulfone groups is 1. The molecule has 0 aliphatic heterocycles. The second-order valence-corrected chi connectivity index (χ2v) is 9.69. The Hall–Kier alpha value is -3.49. The summed E-state index contributed by atoms with van der Waals surface area (Å²) in [6.45, 7) is 0.603. The fourth-order valence-electron chi connectivity index (χ4n) is 3.67. The second-order valence-electron chi connectivity index (χ2n) is 7.39. The molecule has 3 aromatic carbocycles. The number of fused-ring (bicyclic) bond motifs is 3. The minimum Gasteiger partial charge on any atom is -0.355 e. The molecule has 160 valence electrons.